The molecule has 7 nitrogen and oxygen atoms in total. The molecule has 8 heteroatoms. The zero-order valence-electron chi connectivity index (χ0n) is 19.3. The lowest BCUT2D eigenvalue weighted by Gasteiger charge is -2.36. The van der Waals surface area contributed by atoms with Gasteiger partial charge in [0.15, 0.2) is 0 Å². The van der Waals surface area contributed by atoms with Crippen LogP contribution in [0.3, 0.4) is 0 Å². The minimum absolute atomic E-state index is 0.0250. The van der Waals surface area contributed by atoms with E-state index in [1.165, 1.54) is 23.1 Å². The van der Waals surface area contributed by atoms with Gasteiger partial charge in [0.1, 0.15) is 18.5 Å². The smallest absolute Gasteiger partial charge is 0.123 e. The number of piperazine rings is 1. The number of aromatic nitrogens is 4. The topological polar surface area (TPSA) is 73.2 Å². The van der Waals surface area contributed by atoms with E-state index in [0.717, 1.165) is 68.9 Å². The van der Waals surface area contributed by atoms with Gasteiger partial charge in [0.2, 0.25) is 0 Å². The minimum atomic E-state index is -0.238. The molecule has 0 spiro atoms. The first-order valence-electron chi connectivity index (χ1n) is 12.0. The van der Waals surface area contributed by atoms with E-state index in [9.17, 15) is 9.50 Å². The van der Waals surface area contributed by atoms with E-state index < -0.39 is 0 Å². The highest BCUT2D eigenvalue weighted by atomic mass is 19.1. The third-order valence-electron chi connectivity index (χ3n) is 6.89. The fourth-order valence-corrected chi connectivity index (χ4v) is 4.87. The van der Waals surface area contributed by atoms with Crippen LogP contribution in [0.5, 0.6) is 0 Å². The lowest BCUT2D eigenvalue weighted by atomic mass is 9.99. The molecule has 5 rings (SSSR count). The first kappa shape index (κ1) is 22.7. The number of hydrogen-bond acceptors (Lipinski definition) is 5. The van der Waals surface area contributed by atoms with Gasteiger partial charge >= 0.3 is 0 Å². The summed E-state index contributed by atoms with van der Waals surface area (Å²) in [5.41, 5.74) is 4.56. The number of aliphatic hydroxyl groups excluding tert-OH is 1. The second kappa shape index (κ2) is 10.5. The predicted molar refractivity (Wildman–Crippen MR) is 131 cm³/mol. The maximum atomic E-state index is 13.2. The molecule has 1 unspecified atom stereocenters. The van der Waals surface area contributed by atoms with Crippen LogP contribution < -0.4 is 0 Å². The predicted octanol–water partition coefficient (Wildman–Crippen LogP) is 3.21. The number of halogens is 1. The van der Waals surface area contributed by atoms with Crippen molar-refractivity contribution < 1.29 is 9.50 Å². The first-order valence-corrected chi connectivity index (χ1v) is 12.0. The molecule has 0 saturated carbocycles. The van der Waals surface area contributed by atoms with Crippen LogP contribution in [0.4, 0.5) is 4.39 Å². The Balaban J connectivity index is 1.10. The zero-order valence-corrected chi connectivity index (χ0v) is 19.3. The summed E-state index contributed by atoms with van der Waals surface area (Å²) in [5, 5.41) is 18.9. The maximum absolute atomic E-state index is 13.2. The Hall–Kier alpha value is -3.07. The summed E-state index contributed by atoms with van der Waals surface area (Å²) in [4.78, 5) is 8.33. The number of hydrogen-bond donors (Lipinski definition) is 2. The van der Waals surface area contributed by atoms with Crippen molar-refractivity contribution in [1.29, 1.82) is 0 Å². The number of aliphatic hydroxyl groups is 1. The van der Waals surface area contributed by atoms with Crippen LogP contribution in [0.2, 0.25) is 0 Å². The zero-order chi connectivity index (χ0) is 23.3. The Kier molecular flexibility index (Phi) is 6.99. The van der Waals surface area contributed by atoms with Gasteiger partial charge in [-0.2, -0.15) is 0 Å². The molecule has 2 aromatic heterocycles. The second-order valence-electron chi connectivity index (χ2n) is 9.09. The lowest BCUT2D eigenvalue weighted by molar-refractivity contribution is 0.115. The van der Waals surface area contributed by atoms with Crippen molar-refractivity contribution in [2.75, 3.05) is 45.9 Å². The standard InChI is InChI=1S/C26H31FN6O/c27-23-5-3-20(4-6-23)22(17-34)16-32-12-10-31(11-13-32)9-1-2-21-15-28-26-8-7-24(14-25(21)26)33-18-29-30-19-33/h3-8,14-15,18-19,22,28,34H,1-2,9-13,16-17H2. The molecule has 34 heavy (non-hydrogen) atoms. The van der Waals surface area contributed by atoms with E-state index in [2.05, 4.69) is 49.4 Å². The number of aromatic amines is 1. The Morgan fingerprint density at radius 2 is 1.71 bits per heavy atom. The minimum Gasteiger partial charge on any atom is -0.396 e. The molecule has 0 amide bonds. The van der Waals surface area contributed by atoms with Crippen molar-refractivity contribution in [3.63, 3.8) is 0 Å². The number of aryl methyl sites for hydroxylation is 1. The van der Waals surface area contributed by atoms with Crippen molar-refractivity contribution in [2.45, 2.75) is 18.8 Å². The van der Waals surface area contributed by atoms with E-state index in [-0.39, 0.29) is 18.3 Å². The van der Waals surface area contributed by atoms with Gasteiger partial charge in [0.25, 0.3) is 0 Å². The van der Waals surface area contributed by atoms with E-state index in [0.29, 0.717) is 0 Å². The average Bonchev–Trinajstić information content (AvgIpc) is 3.54. The third kappa shape index (κ3) is 5.19. The Labute approximate surface area is 198 Å². The number of benzene rings is 2. The normalized spacial score (nSPS) is 16.3. The molecule has 0 aliphatic carbocycles. The van der Waals surface area contributed by atoms with Crippen molar-refractivity contribution in [1.82, 2.24) is 29.5 Å². The Bertz CT molecular complexity index is 1180. The highest BCUT2D eigenvalue weighted by Gasteiger charge is 2.21. The van der Waals surface area contributed by atoms with Crippen LogP contribution in [-0.2, 0) is 6.42 Å². The maximum Gasteiger partial charge on any atom is 0.123 e. The average molecular weight is 463 g/mol. The van der Waals surface area contributed by atoms with Gasteiger partial charge < -0.3 is 19.9 Å². The molecule has 2 aromatic carbocycles. The summed E-state index contributed by atoms with van der Waals surface area (Å²) in [7, 11) is 0. The molecular weight excluding hydrogens is 431 g/mol. The molecule has 1 fully saturated rings. The molecule has 178 valence electrons. The van der Waals surface area contributed by atoms with Gasteiger partial charge in [-0.25, -0.2) is 4.39 Å². The number of H-pyrrole nitrogens is 1. The van der Waals surface area contributed by atoms with Crippen LogP contribution in [-0.4, -0.2) is 80.5 Å². The molecule has 0 radical (unpaired) electrons. The first-order chi connectivity index (χ1) is 16.7. The van der Waals surface area contributed by atoms with Gasteiger partial charge in [-0.05, 0) is 60.8 Å². The van der Waals surface area contributed by atoms with Crippen molar-refractivity contribution in [2.24, 2.45) is 0 Å². The summed E-state index contributed by atoms with van der Waals surface area (Å²) in [6.07, 6.45) is 7.70. The molecular formula is C26H31FN6O. The quantitative estimate of drug-likeness (QED) is 0.400. The summed E-state index contributed by atoms with van der Waals surface area (Å²) >= 11 is 0. The summed E-state index contributed by atoms with van der Waals surface area (Å²) in [6.45, 7) is 6.02. The number of nitrogens with zero attached hydrogens (tertiary/aromatic N) is 5. The van der Waals surface area contributed by atoms with E-state index in [1.807, 2.05) is 4.57 Å². The fourth-order valence-electron chi connectivity index (χ4n) is 4.87. The van der Waals surface area contributed by atoms with Gasteiger partial charge in [0, 0.05) is 61.4 Å². The molecule has 1 aliphatic heterocycles. The van der Waals surface area contributed by atoms with Crippen LogP contribution in [0, 0.1) is 5.82 Å². The van der Waals surface area contributed by atoms with Gasteiger partial charge in [-0.15, -0.1) is 10.2 Å². The number of rotatable bonds is 9. The number of nitrogens with one attached hydrogen (secondary N) is 1. The second-order valence-corrected chi connectivity index (χ2v) is 9.09. The van der Waals surface area contributed by atoms with E-state index in [1.54, 1.807) is 24.8 Å². The van der Waals surface area contributed by atoms with Gasteiger partial charge in [-0.1, -0.05) is 12.1 Å². The summed E-state index contributed by atoms with van der Waals surface area (Å²) in [5.74, 6) is -0.213. The van der Waals surface area contributed by atoms with E-state index in [4.69, 9.17) is 0 Å². The van der Waals surface area contributed by atoms with Gasteiger partial charge in [0.05, 0.1) is 6.61 Å². The molecule has 1 saturated heterocycles. The Morgan fingerprint density at radius 3 is 2.44 bits per heavy atom. The third-order valence-corrected chi connectivity index (χ3v) is 6.89. The largest absolute Gasteiger partial charge is 0.396 e. The Morgan fingerprint density at radius 1 is 0.971 bits per heavy atom. The van der Waals surface area contributed by atoms with Crippen molar-refractivity contribution in [3.05, 3.63) is 78.3 Å². The summed E-state index contributed by atoms with van der Waals surface area (Å²) < 4.78 is 15.1. The van der Waals surface area contributed by atoms with Crippen LogP contribution in [0.15, 0.2) is 61.3 Å². The summed E-state index contributed by atoms with van der Waals surface area (Å²) in [6, 6.07) is 12.9. The lowest BCUT2D eigenvalue weighted by Crippen LogP contribution is -2.47. The highest BCUT2D eigenvalue weighted by molar-refractivity contribution is 5.85. The van der Waals surface area contributed by atoms with Crippen LogP contribution >= 0.6 is 0 Å². The molecule has 0 bridgehead atoms. The number of fused-ring (bicyclic) bond motifs is 1. The van der Waals surface area contributed by atoms with Crippen molar-refractivity contribution >= 4 is 10.9 Å². The van der Waals surface area contributed by atoms with E-state index >= 15 is 0 Å². The molecule has 1 aliphatic rings. The van der Waals surface area contributed by atoms with Crippen LogP contribution in [0.25, 0.3) is 16.6 Å². The van der Waals surface area contributed by atoms with Crippen LogP contribution in [0.1, 0.15) is 23.5 Å². The fraction of sp³-hybridized carbons (Fsp3) is 0.385. The molecule has 4 aromatic rings. The highest BCUT2D eigenvalue weighted by Crippen LogP contribution is 2.23. The molecule has 3 heterocycles. The van der Waals surface area contributed by atoms with Crippen molar-refractivity contribution in [3.8, 4) is 5.69 Å². The SMILES string of the molecule is OCC(CN1CCN(CCCc2c[nH]c3ccc(-n4cnnc4)cc23)CC1)c1ccc(F)cc1. The van der Waals surface area contributed by atoms with Gasteiger partial charge in [-0.3, -0.25) is 4.57 Å². The molecule has 2 N–H and O–H groups in total. The molecule has 1 atom stereocenters. The monoisotopic (exact) mass is 462 g/mol.